The van der Waals surface area contributed by atoms with Crippen molar-refractivity contribution in [2.45, 2.75) is 39.4 Å². The van der Waals surface area contributed by atoms with E-state index in [0.29, 0.717) is 22.8 Å². The molecule has 9 heteroatoms. The number of imidazole rings is 1. The Kier molecular flexibility index (Phi) is 6.35. The molecule has 152 valence electrons. The fourth-order valence-corrected chi connectivity index (χ4v) is 3.86. The van der Waals surface area contributed by atoms with Crippen LogP contribution in [-0.4, -0.2) is 46.0 Å². The minimum Gasteiger partial charge on any atom is -0.306 e. The average molecular weight is 458 g/mol. The molecule has 1 aliphatic heterocycles. The van der Waals surface area contributed by atoms with Crippen molar-refractivity contribution in [2.24, 2.45) is 10.7 Å². The number of anilines is 1. The quantitative estimate of drug-likeness (QED) is 0.523. The lowest BCUT2D eigenvalue weighted by Crippen LogP contribution is -2.51. The monoisotopic (exact) mass is 457 g/mol. The van der Waals surface area contributed by atoms with Crippen LogP contribution in [0.1, 0.15) is 38.5 Å². The van der Waals surface area contributed by atoms with Crippen LogP contribution in [0.4, 0.5) is 10.6 Å². The molecule has 1 aliphatic carbocycles. The molecule has 2 amide bonds. The van der Waals surface area contributed by atoms with E-state index in [-0.39, 0.29) is 12.6 Å². The first-order chi connectivity index (χ1) is 13.9. The van der Waals surface area contributed by atoms with Gasteiger partial charge in [-0.1, -0.05) is 18.1 Å². The second-order valence-corrected chi connectivity index (χ2v) is 7.49. The number of nitrogens with two attached hydrogens (primary N) is 1. The van der Waals surface area contributed by atoms with Gasteiger partial charge in [0.05, 0.1) is 13.1 Å². The van der Waals surface area contributed by atoms with Crippen molar-refractivity contribution >= 4 is 39.7 Å². The van der Waals surface area contributed by atoms with Gasteiger partial charge in [-0.3, -0.25) is 14.8 Å². The zero-order valence-electron chi connectivity index (χ0n) is 16.7. The highest BCUT2D eigenvalue weighted by Gasteiger charge is 2.38. The van der Waals surface area contributed by atoms with Gasteiger partial charge in [0.1, 0.15) is 11.9 Å². The lowest BCUT2D eigenvalue weighted by molar-refractivity contribution is 0.187. The Morgan fingerprint density at radius 3 is 3.00 bits per heavy atom. The smallest absolute Gasteiger partial charge is 0.306 e. The van der Waals surface area contributed by atoms with E-state index in [1.54, 1.807) is 32.0 Å². The standard InChI is InChI=1S/C20H24BrN7O/c1-4-5-11-27-16-17(23)28(20(29)26(3)18(16)25-19(27)21)12-10-24-15-9-7-6-8-14(15)13(2)22/h6,8,10,17,22H,7,9,11-12,23H2,1-3H3. The van der Waals surface area contributed by atoms with E-state index in [1.807, 2.05) is 16.7 Å². The summed E-state index contributed by atoms with van der Waals surface area (Å²) in [5, 5.41) is 7.90. The van der Waals surface area contributed by atoms with Gasteiger partial charge in [-0.25, -0.2) is 9.78 Å². The molecule has 8 nitrogen and oxygen atoms in total. The van der Waals surface area contributed by atoms with Crippen molar-refractivity contribution in [3.8, 4) is 11.8 Å². The first-order valence-corrected chi connectivity index (χ1v) is 10.1. The van der Waals surface area contributed by atoms with Gasteiger partial charge in [0.15, 0.2) is 10.6 Å². The van der Waals surface area contributed by atoms with E-state index in [4.69, 9.17) is 11.1 Å². The van der Waals surface area contributed by atoms with Crippen molar-refractivity contribution in [3.63, 3.8) is 0 Å². The van der Waals surface area contributed by atoms with Crippen LogP contribution in [0.5, 0.6) is 0 Å². The fourth-order valence-electron chi connectivity index (χ4n) is 3.38. The predicted octanol–water partition coefficient (Wildman–Crippen LogP) is 3.21. The molecule has 2 heterocycles. The molecule has 0 saturated carbocycles. The molecule has 1 aromatic heterocycles. The summed E-state index contributed by atoms with van der Waals surface area (Å²) in [6, 6.07) is -0.240. The van der Waals surface area contributed by atoms with Crippen LogP contribution in [0.2, 0.25) is 0 Å². The number of allylic oxidation sites excluding steroid dienone is 4. The van der Waals surface area contributed by atoms with E-state index in [2.05, 4.69) is 37.7 Å². The Balaban J connectivity index is 1.88. The summed E-state index contributed by atoms with van der Waals surface area (Å²) in [5.74, 6) is 6.41. The van der Waals surface area contributed by atoms with Crippen molar-refractivity contribution in [1.29, 1.82) is 5.41 Å². The molecular weight excluding hydrogens is 434 g/mol. The first kappa shape index (κ1) is 21.0. The van der Waals surface area contributed by atoms with Crippen molar-refractivity contribution in [2.75, 3.05) is 18.5 Å². The lowest BCUT2D eigenvalue weighted by Gasteiger charge is -2.36. The minimum absolute atomic E-state index is 0.240. The maximum absolute atomic E-state index is 12.8. The van der Waals surface area contributed by atoms with Crippen LogP contribution in [0, 0.1) is 17.3 Å². The number of hydrogen-bond acceptors (Lipinski definition) is 5. The molecule has 0 bridgehead atoms. The van der Waals surface area contributed by atoms with Crippen LogP contribution in [0.15, 0.2) is 33.1 Å². The molecule has 29 heavy (non-hydrogen) atoms. The number of aromatic nitrogens is 2. The number of carbonyl (C=O) groups is 1. The Morgan fingerprint density at radius 2 is 2.31 bits per heavy atom. The number of nitrogens with one attached hydrogen (secondary N) is 1. The van der Waals surface area contributed by atoms with Crippen molar-refractivity contribution in [1.82, 2.24) is 14.5 Å². The lowest BCUT2D eigenvalue weighted by atomic mass is 10.0. The molecule has 0 saturated heterocycles. The number of urea groups is 1. The predicted molar refractivity (Wildman–Crippen MR) is 118 cm³/mol. The van der Waals surface area contributed by atoms with Gasteiger partial charge in [-0.05, 0) is 42.6 Å². The molecule has 0 fully saturated rings. The number of halogens is 1. The molecule has 1 unspecified atom stereocenters. The van der Waals surface area contributed by atoms with Gasteiger partial charge < -0.3 is 15.7 Å². The second kappa shape index (κ2) is 8.76. The van der Waals surface area contributed by atoms with Gasteiger partial charge >= 0.3 is 6.03 Å². The number of carbonyl (C=O) groups excluding carboxylic acids is 1. The summed E-state index contributed by atoms with van der Waals surface area (Å²) in [5.41, 5.74) is 9.36. The Hall–Kier alpha value is -2.70. The number of aliphatic imine (C=N–C) groups is 1. The summed E-state index contributed by atoms with van der Waals surface area (Å²) in [7, 11) is 1.68. The largest absolute Gasteiger partial charge is 0.327 e. The summed E-state index contributed by atoms with van der Waals surface area (Å²) in [4.78, 5) is 24.9. The molecule has 1 aromatic rings. The number of fused-ring (bicyclic) bond motifs is 1. The molecule has 1 atom stereocenters. The maximum Gasteiger partial charge on any atom is 0.327 e. The van der Waals surface area contributed by atoms with Crippen molar-refractivity contribution < 1.29 is 4.79 Å². The highest BCUT2D eigenvalue weighted by atomic mass is 79.9. The van der Waals surface area contributed by atoms with Crippen molar-refractivity contribution in [3.05, 3.63) is 33.8 Å². The summed E-state index contributed by atoms with van der Waals surface area (Å²) in [6.45, 7) is 4.20. The normalized spacial score (nSPS) is 18.9. The molecule has 0 spiro atoms. The average Bonchev–Trinajstić information content (AvgIpc) is 3.04. The number of hydrogen-bond donors (Lipinski definition) is 2. The van der Waals surface area contributed by atoms with Crippen LogP contribution in [0.3, 0.4) is 0 Å². The molecule has 2 aliphatic rings. The van der Waals surface area contributed by atoms with Crippen LogP contribution in [-0.2, 0) is 6.54 Å². The van der Waals surface area contributed by atoms with E-state index in [0.717, 1.165) is 29.8 Å². The molecular formula is C20H24BrN7O. The topological polar surface area (TPSA) is 104 Å². The number of rotatable bonds is 5. The second-order valence-electron chi connectivity index (χ2n) is 6.78. The highest BCUT2D eigenvalue weighted by Crippen LogP contribution is 2.34. The zero-order valence-corrected chi connectivity index (χ0v) is 18.3. The Labute approximate surface area is 178 Å². The number of nitrogens with zero attached hydrogens (tertiary/aromatic N) is 5. The fraction of sp³-hybridized carbons (Fsp3) is 0.400. The molecule has 3 N–H and O–H groups in total. The Morgan fingerprint density at radius 1 is 1.55 bits per heavy atom. The molecule has 0 aromatic carbocycles. The van der Waals surface area contributed by atoms with E-state index in [1.165, 1.54) is 4.90 Å². The summed E-state index contributed by atoms with van der Waals surface area (Å²) in [6.07, 6.45) is 6.67. The maximum atomic E-state index is 12.8. The van der Waals surface area contributed by atoms with E-state index >= 15 is 0 Å². The SMILES string of the molecule is CC#CCn1c(Br)nc2c1C(N)N(CC=NC1=C(C(C)=N)C=CCC1)C(=O)N2C. The van der Waals surface area contributed by atoms with Gasteiger partial charge in [-0.15, -0.1) is 5.92 Å². The van der Waals surface area contributed by atoms with Gasteiger partial charge in [0, 0.05) is 30.2 Å². The zero-order chi connectivity index (χ0) is 21.1. The van der Waals surface area contributed by atoms with Crippen LogP contribution >= 0.6 is 15.9 Å². The van der Waals surface area contributed by atoms with Gasteiger partial charge in [-0.2, -0.15) is 0 Å². The molecule has 3 rings (SSSR count). The highest BCUT2D eigenvalue weighted by molar-refractivity contribution is 9.10. The van der Waals surface area contributed by atoms with Gasteiger partial charge in [0.25, 0.3) is 0 Å². The van der Waals surface area contributed by atoms with Crippen LogP contribution < -0.4 is 10.6 Å². The third-order valence-corrected chi connectivity index (χ3v) is 5.50. The summed E-state index contributed by atoms with van der Waals surface area (Å²) >= 11 is 3.44. The Bertz CT molecular complexity index is 992. The summed E-state index contributed by atoms with van der Waals surface area (Å²) < 4.78 is 2.45. The third-order valence-electron chi connectivity index (χ3n) is 4.89. The van der Waals surface area contributed by atoms with Gasteiger partial charge in [0.2, 0.25) is 0 Å². The molecule has 0 radical (unpaired) electrons. The third kappa shape index (κ3) is 4.04. The van der Waals surface area contributed by atoms with E-state index in [9.17, 15) is 4.79 Å². The minimum atomic E-state index is -0.665. The van der Waals surface area contributed by atoms with Crippen LogP contribution in [0.25, 0.3) is 0 Å². The first-order valence-electron chi connectivity index (χ1n) is 9.30. The number of amides is 2. The van der Waals surface area contributed by atoms with E-state index < -0.39 is 6.17 Å².